The third-order valence-corrected chi connectivity index (χ3v) is 1.22. The van der Waals surface area contributed by atoms with Crippen LogP contribution in [-0.2, 0) is 4.79 Å². The van der Waals surface area contributed by atoms with Crippen molar-refractivity contribution in [1.82, 2.24) is 5.32 Å². The normalized spacial score (nSPS) is 9.67. The lowest BCUT2D eigenvalue weighted by molar-refractivity contribution is -0.120. The summed E-state index contributed by atoms with van der Waals surface area (Å²) >= 11 is 0. The molecule has 0 heterocycles. The van der Waals surface area contributed by atoms with Crippen LogP contribution >= 0.6 is 0 Å². The Hall–Kier alpha value is -1.27. The molecular formula is C9H14N2O. The number of rotatable bonds is 5. The van der Waals surface area contributed by atoms with Crippen molar-refractivity contribution >= 4 is 5.91 Å². The van der Waals surface area contributed by atoms with Gasteiger partial charge in [0.1, 0.15) is 0 Å². The maximum atomic E-state index is 10.9. The van der Waals surface area contributed by atoms with Gasteiger partial charge in [-0.25, -0.2) is 0 Å². The van der Waals surface area contributed by atoms with E-state index in [2.05, 4.69) is 11.2 Å². The lowest BCUT2D eigenvalue weighted by Gasteiger charge is -1.98. The Morgan fingerprint density at radius 3 is 2.92 bits per heavy atom. The number of carbonyl (C=O) groups excluding carboxylic acids is 1. The lowest BCUT2D eigenvalue weighted by Crippen LogP contribution is -2.22. The second-order valence-corrected chi connectivity index (χ2v) is 2.22. The molecule has 0 bridgehead atoms. The molecule has 1 amide bonds. The van der Waals surface area contributed by atoms with Crippen LogP contribution in [0.3, 0.4) is 0 Å². The third kappa shape index (κ3) is 6.84. The van der Waals surface area contributed by atoms with Crippen molar-refractivity contribution in [2.75, 3.05) is 13.1 Å². The number of amides is 1. The zero-order valence-electron chi connectivity index (χ0n) is 7.05. The highest BCUT2D eigenvalue weighted by atomic mass is 16.1. The summed E-state index contributed by atoms with van der Waals surface area (Å²) in [4.78, 5) is 10.9. The number of nitrogens with one attached hydrogen (secondary N) is 1. The zero-order chi connectivity index (χ0) is 9.23. The molecule has 66 valence electrons. The van der Waals surface area contributed by atoms with E-state index in [1.54, 1.807) is 6.08 Å². The van der Waals surface area contributed by atoms with E-state index in [1.807, 2.05) is 6.08 Å². The van der Waals surface area contributed by atoms with Crippen LogP contribution in [0.15, 0.2) is 12.2 Å². The quantitative estimate of drug-likeness (QED) is 0.447. The summed E-state index contributed by atoms with van der Waals surface area (Å²) in [5.41, 5.74) is 5.20. The molecule has 3 nitrogen and oxygen atoms in total. The fourth-order valence-electron chi connectivity index (χ4n) is 0.626. The number of terminal acetylenes is 1. The van der Waals surface area contributed by atoms with Gasteiger partial charge in [-0.05, 0) is 0 Å². The molecule has 0 aliphatic rings. The molecule has 0 atom stereocenters. The molecule has 0 saturated heterocycles. The van der Waals surface area contributed by atoms with Crippen LogP contribution in [0.1, 0.15) is 12.8 Å². The van der Waals surface area contributed by atoms with Crippen molar-refractivity contribution in [1.29, 1.82) is 0 Å². The van der Waals surface area contributed by atoms with E-state index in [0.717, 1.165) is 0 Å². The van der Waals surface area contributed by atoms with Crippen molar-refractivity contribution in [3.8, 4) is 12.3 Å². The van der Waals surface area contributed by atoms with Gasteiger partial charge in [0.2, 0.25) is 5.91 Å². The first-order valence-corrected chi connectivity index (χ1v) is 3.86. The first-order chi connectivity index (χ1) is 5.81. The van der Waals surface area contributed by atoms with Gasteiger partial charge in [-0.15, -0.1) is 12.3 Å². The highest BCUT2D eigenvalue weighted by molar-refractivity contribution is 5.76. The van der Waals surface area contributed by atoms with Gasteiger partial charge >= 0.3 is 0 Å². The van der Waals surface area contributed by atoms with Crippen molar-refractivity contribution in [3.05, 3.63) is 12.2 Å². The fraction of sp³-hybridized carbons (Fsp3) is 0.444. The van der Waals surface area contributed by atoms with Gasteiger partial charge in [-0.1, -0.05) is 12.2 Å². The molecule has 12 heavy (non-hydrogen) atoms. The third-order valence-electron chi connectivity index (χ3n) is 1.22. The van der Waals surface area contributed by atoms with Gasteiger partial charge in [0.25, 0.3) is 0 Å². The Morgan fingerprint density at radius 1 is 1.58 bits per heavy atom. The minimum Gasteiger partial charge on any atom is -0.353 e. The van der Waals surface area contributed by atoms with E-state index in [-0.39, 0.29) is 5.91 Å². The number of nitrogens with two attached hydrogens (primary N) is 1. The van der Waals surface area contributed by atoms with Gasteiger partial charge in [-0.3, -0.25) is 4.79 Å². The van der Waals surface area contributed by atoms with Crippen LogP contribution in [0.2, 0.25) is 0 Å². The standard InChI is InChI=1S/C9H14N2O/c1-2-3-6-9(12)11-8-5-4-7-10/h1,4-5H,3,6-8,10H2,(H,11,12)/b5-4+. The zero-order valence-corrected chi connectivity index (χ0v) is 7.05. The van der Waals surface area contributed by atoms with Gasteiger partial charge in [0.15, 0.2) is 0 Å². The molecular weight excluding hydrogens is 152 g/mol. The molecule has 0 rings (SSSR count). The molecule has 0 aromatic heterocycles. The summed E-state index contributed by atoms with van der Waals surface area (Å²) in [7, 11) is 0. The van der Waals surface area contributed by atoms with E-state index >= 15 is 0 Å². The summed E-state index contributed by atoms with van der Waals surface area (Å²) < 4.78 is 0. The molecule has 0 unspecified atom stereocenters. The van der Waals surface area contributed by atoms with E-state index in [4.69, 9.17) is 12.2 Å². The molecule has 0 aliphatic heterocycles. The van der Waals surface area contributed by atoms with Crippen LogP contribution < -0.4 is 11.1 Å². The van der Waals surface area contributed by atoms with Gasteiger partial charge in [-0.2, -0.15) is 0 Å². The smallest absolute Gasteiger partial charge is 0.221 e. The topological polar surface area (TPSA) is 55.1 Å². The molecule has 0 aromatic rings. The Bertz CT molecular complexity index is 191. The summed E-state index contributed by atoms with van der Waals surface area (Å²) in [6.07, 6.45) is 9.49. The van der Waals surface area contributed by atoms with Crippen molar-refractivity contribution in [3.63, 3.8) is 0 Å². The molecule has 0 spiro atoms. The van der Waals surface area contributed by atoms with Crippen LogP contribution in [0.5, 0.6) is 0 Å². The van der Waals surface area contributed by atoms with E-state index in [9.17, 15) is 4.79 Å². The second kappa shape index (κ2) is 7.83. The van der Waals surface area contributed by atoms with Crippen LogP contribution in [0, 0.1) is 12.3 Å². The maximum Gasteiger partial charge on any atom is 0.221 e. The molecule has 0 saturated carbocycles. The van der Waals surface area contributed by atoms with Gasteiger partial charge < -0.3 is 11.1 Å². The molecule has 0 aromatic carbocycles. The van der Waals surface area contributed by atoms with Crippen molar-refractivity contribution in [2.45, 2.75) is 12.8 Å². The Morgan fingerprint density at radius 2 is 2.33 bits per heavy atom. The summed E-state index contributed by atoms with van der Waals surface area (Å²) in [5.74, 6) is 2.38. The second-order valence-electron chi connectivity index (χ2n) is 2.22. The highest BCUT2D eigenvalue weighted by Gasteiger charge is 1.95. The summed E-state index contributed by atoms with van der Waals surface area (Å²) in [5, 5.41) is 2.68. The van der Waals surface area contributed by atoms with E-state index in [1.165, 1.54) is 0 Å². The van der Waals surface area contributed by atoms with Gasteiger partial charge in [0.05, 0.1) is 0 Å². The predicted molar refractivity (Wildman–Crippen MR) is 49.3 cm³/mol. The molecule has 3 heteroatoms. The summed E-state index contributed by atoms with van der Waals surface area (Å²) in [6.45, 7) is 1.03. The SMILES string of the molecule is C#CCCC(=O)NC/C=C/CN. The van der Waals surface area contributed by atoms with E-state index in [0.29, 0.717) is 25.9 Å². The van der Waals surface area contributed by atoms with Gasteiger partial charge in [0, 0.05) is 25.9 Å². The monoisotopic (exact) mass is 166 g/mol. The molecule has 0 fully saturated rings. The average molecular weight is 166 g/mol. The van der Waals surface area contributed by atoms with E-state index < -0.39 is 0 Å². The Labute approximate surface area is 73.0 Å². The molecule has 3 N–H and O–H groups in total. The van der Waals surface area contributed by atoms with Crippen molar-refractivity contribution in [2.24, 2.45) is 5.73 Å². The number of carbonyl (C=O) groups is 1. The largest absolute Gasteiger partial charge is 0.353 e. The highest BCUT2D eigenvalue weighted by Crippen LogP contribution is 1.84. The molecule has 0 radical (unpaired) electrons. The average Bonchev–Trinajstić information content (AvgIpc) is 2.09. The lowest BCUT2D eigenvalue weighted by atomic mass is 10.3. The minimum atomic E-state index is -0.0189. The Balaban J connectivity index is 3.33. The van der Waals surface area contributed by atoms with Crippen molar-refractivity contribution < 1.29 is 4.79 Å². The number of hydrogen-bond acceptors (Lipinski definition) is 2. The predicted octanol–water partition coefficient (Wildman–Crippen LogP) is 0.0309. The minimum absolute atomic E-state index is 0.0189. The maximum absolute atomic E-state index is 10.9. The first kappa shape index (κ1) is 10.7. The van der Waals surface area contributed by atoms with Crippen LogP contribution in [-0.4, -0.2) is 19.0 Å². The first-order valence-electron chi connectivity index (χ1n) is 3.86. The summed E-state index contributed by atoms with van der Waals surface area (Å²) in [6, 6.07) is 0. The van der Waals surface area contributed by atoms with Crippen LogP contribution in [0.4, 0.5) is 0 Å². The number of hydrogen-bond donors (Lipinski definition) is 2. The fourth-order valence-corrected chi connectivity index (χ4v) is 0.626. The van der Waals surface area contributed by atoms with Crippen LogP contribution in [0.25, 0.3) is 0 Å². The molecule has 0 aliphatic carbocycles. The Kier molecular flexibility index (Phi) is 7.00.